The first kappa shape index (κ1) is 15.8. The normalized spacial score (nSPS) is 10.1. The molecule has 0 saturated heterocycles. The van der Waals surface area contributed by atoms with Gasteiger partial charge in [0.1, 0.15) is 0 Å². The van der Waals surface area contributed by atoms with E-state index in [4.69, 9.17) is 0 Å². The van der Waals surface area contributed by atoms with Crippen LogP contribution in [-0.4, -0.2) is 18.4 Å². The molecule has 0 aliphatic heterocycles. The van der Waals surface area contributed by atoms with Crippen molar-refractivity contribution in [1.82, 2.24) is 5.32 Å². The van der Waals surface area contributed by atoms with Gasteiger partial charge < -0.3 is 10.6 Å². The fraction of sp³-hybridized carbons (Fsp3) is 0.222. The molecule has 0 aliphatic carbocycles. The molecule has 0 unspecified atom stereocenters. The molecule has 114 valence electrons. The van der Waals surface area contributed by atoms with Gasteiger partial charge in [0.05, 0.1) is 6.54 Å². The van der Waals surface area contributed by atoms with Crippen molar-refractivity contribution in [1.29, 1.82) is 0 Å². The van der Waals surface area contributed by atoms with Gasteiger partial charge in [-0.25, -0.2) is 0 Å². The summed E-state index contributed by atoms with van der Waals surface area (Å²) in [7, 11) is 0. The SMILES string of the molecule is CCc1ccc(NC(=O)CNC(=O)c2ccc(C)cc2)cc1. The quantitative estimate of drug-likeness (QED) is 0.891. The highest BCUT2D eigenvalue weighted by atomic mass is 16.2. The minimum atomic E-state index is -0.253. The van der Waals surface area contributed by atoms with Gasteiger partial charge in [-0.05, 0) is 43.2 Å². The molecule has 2 aromatic carbocycles. The molecule has 0 saturated carbocycles. The first-order valence-electron chi connectivity index (χ1n) is 7.32. The summed E-state index contributed by atoms with van der Waals surface area (Å²) >= 11 is 0. The van der Waals surface area contributed by atoms with Gasteiger partial charge >= 0.3 is 0 Å². The summed E-state index contributed by atoms with van der Waals surface area (Å²) in [6.45, 7) is 3.98. The van der Waals surface area contributed by atoms with Crippen LogP contribution in [0, 0.1) is 6.92 Å². The lowest BCUT2D eigenvalue weighted by Gasteiger charge is -2.08. The highest BCUT2D eigenvalue weighted by Crippen LogP contribution is 2.09. The molecule has 0 atom stereocenters. The summed E-state index contributed by atoms with van der Waals surface area (Å²) in [6, 6.07) is 14.9. The van der Waals surface area contributed by atoms with Gasteiger partial charge in [-0.2, -0.15) is 0 Å². The highest BCUT2D eigenvalue weighted by Gasteiger charge is 2.08. The highest BCUT2D eigenvalue weighted by molar-refractivity contribution is 5.99. The maximum absolute atomic E-state index is 11.9. The predicted molar refractivity (Wildman–Crippen MR) is 88.0 cm³/mol. The summed E-state index contributed by atoms with van der Waals surface area (Å²) in [5.41, 5.74) is 3.58. The first-order chi connectivity index (χ1) is 10.6. The summed E-state index contributed by atoms with van der Waals surface area (Å²) in [4.78, 5) is 23.7. The van der Waals surface area contributed by atoms with E-state index in [-0.39, 0.29) is 18.4 Å². The number of anilines is 1. The fourth-order valence-corrected chi connectivity index (χ4v) is 2.00. The van der Waals surface area contributed by atoms with Crippen molar-refractivity contribution in [2.45, 2.75) is 20.3 Å². The third-order valence-corrected chi connectivity index (χ3v) is 3.37. The van der Waals surface area contributed by atoms with Crippen molar-refractivity contribution < 1.29 is 9.59 Å². The monoisotopic (exact) mass is 296 g/mol. The second-order valence-corrected chi connectivity index (χ2v) is 5.15. The summed E-state index contributed by atoms with van der Waals surface area (Å²) in [5, 5.41) is 5.37. The largest absolute Gasteiger partial charge is 0.343 e. The lowest BCUT2D eigenvalue weighted by Crippen LogP contribution is -2.32. The number of nitrogens with one attached hydrogen (secondary N) is 2. The fourth-order valence-electron chi connectivity index (χ4n) is 2.00. The number of rotatable bonds is 5. The Morgan fingerprint density at radius 1 is 0.955 bits per heavy atom. The number of hydrogen-bond donors (Lipinski definition) is 2. The standard InChI is InChI=1S/C18H20N2O2/c1-3-14-6-10-16(11-7-14)20-17(21)12-19-18(22)15-8-4-13(2)5-9-15/h4-11H,3,12H2,1-2H3,(H,19,22)(H,20,21). The number of amides is 2. The molecule has 4 heteroatoms. The van der Waals surface area contributed by atoms with Gasteiger partial charge in [0.25, 0.3) is 5.91 Å². The maximum atomic E-state index is 11.9. The molecular formula is C18H20N2O2. The topological polar surface area (TPSA) is 58.2 Å². The molecule has 0 fully saturated rings. The number of carbonyl (C=O) groups is 2. The van der Waals surface area contributed by atoms with Crippen LogP contribution >= 0.6 is 0 Å². The minimum absolute atomic E-state index is 0.0533. The van der Waals surface area contributed by atoms with E-state index in [1.165, 1.54) is 5.56 Å². The second kappa shape index (κ2) is 7.41. The van der Waals surface area contributed by atoms with Crippen LogP contribution in [0.1, 0.15) is 28.4 Å². The lowest BCUT2D eigenvalue weighted by atomic mass is 10.1. The molecule has 4 nitrogen and oxygen atoms in total. The van der Waals surface area contributed by atoms with Crippen LogP contribution in [0.4, 0.5) is 5.69 Å². The second-order valence-electron chi connectivity index (χ2n) is 5.15. The molecule has 2 amide bonds. The average Bonchev–Trinajstić information content (AvgIpc) is 2.54. The Kier molecular flexibility index (Phi) is 5.31. The average molecular weight is 296 g/mol. The van der Waals surface area contributed by atoms with Crippen LogP contribution in [0.15, 0.2) is 48.5 Å². The zero-order chi connectivity index (χ0) is 15.9. The van der Waals surface area contributed by atoms with E-state index in [0.717, 1.165) is 17.7 Å². The number of benzene rings is 2. The maximum Gasteiger partial charge on any atom is 0.251 e. The van der Waals surface area contributed by atoms with Crippen molar-refractivity contribution >= 4 is 17.5 Å². The third-order valence-electron chi connectivity index (χ3n) is 3.37. The van der Waals surface area contributed by atoms with E-state index >= 15 is 0 Å². The summed E-state index contributed by atoms with van der Waals surface area (Å²) in [5.74, 6) is -0.499. The Morgan fingerprint density at radius 3 is 2.18 bits per heavy atom. The van der Waals surface area contributed by atoms with Gasteiger partial charge in [0.15, 0.2) is 0 Å². The van der Waals surface area contributed by atoms with Crippen LogP contribution in [0.2, 0.25) is 0 Å². The molecule has 2 aromatic rings. The molecule has 2 rings (SSSR count). The summed E-state index contributed by atoms with van der Waals surface area (Å²) < 4.78 is 0. The molecule has 0 radical (unpaired) electrons. The minimum Gasteiger partial charge on any atom is -0.343 e. The number of aryl methyl sites for hydroxylation is 2. The Hall–Kier alpha value is -2.62. The van der Waals surface area contributed by atoms with Gasteiger partial charge in [-0.3, -0.25) is 9.59 Å². The van der Waals surface area contributed by atoms with Crippen LogP contribution in [-0.2, 0) is 11.2 Å². The smallest absolute Gasteiger partial charge is 0.251 e. The van der Waals surface area contributed by atoms with Gasteiger partial charge in [-0.1, -0.05) is 36.8 Å². The van der Waals surface area contributed by atoms with E-state index in [9.17, 15) is 9.59 Å². The van der Waals surface area contributed by atoms with Crippen molar-refractivity contribution in [3.8, 4) is 0 Å². The van der Waals surface area contributed by atoms with Crippen molar-refractivity contribution in [2.75, 3.05) is 11.9 Å². The van der Waals surface area contributed by atoms with E-state index in [1.807, 2.05) is 43.3 Å². The van der Waals surface area contributed by atoms with E-state index in [0.29, 0.717) is 5.56 Å². The Balaban J connectivity index is 1.84. The van der Waals surface area contributed by atoms with Crippen molar-refractivity contribution in [2.24, 2.45) is 0 Å². The lowest BCUT2D eigenvalue weighted by molar-refractivity contribution is -0.115. The molecule has 2 N–H and O–H groups in total. The Labute approximate surface area is 130 Å². The molecular weight excluding hydrogens is 276 g/mol. The van der Waals surface area contributed by atoms with Crippen LogP contribution in [0.5, 0.6) is 0 Å². The van der Waals surface area contributed by atoms with Crippen LogP contribution in [0.3, 0.4) is 0 Å². The number of hydrogen-bond acceptors (Lipinski definition) is 2. The first-order valence-corrected chi connectivity index (χ1v) is 7.32. The van der Waals surface area contributed by atoms with Crippen LogP contribution < -0.4 is 10.6 Å². The molecule has 0 aromatic heterocycles. The van der Waals surface area contributed by atoms with Crippen molar-refractivity contribution in [3.63, 3.8) is 0 Å². The van der Waals surface area contributed by atoms with E-state index in [2.05, 4.69) is 17.6 Å². The molecule has 0 aliphatic rings. The van der Waals surface area contributed by atoms with Gasteiger partial charge in [0.2, 0.25) is 5.91 Å². The molecule has 22 heavy (non-hydrogen) atoms. The Morgan fingerprint density at radius 2 is 1.59 bits per heavy atom. The number of carbonyl (C=O) groups excluding carboxylic acids is 2. The molecule has 0 heterocycles. The third kappa shape index (κ3) is 4.45. The molecule has 0 bridgehead atoms. The zero-order valence-corrected chi connectivity index (χ0v) is 12.8. The summed E-state index contributed by atoms with van der Waals surface area (Å²) in [6.07, 6.45) is 0.959. The van der Waals surface area contributed by atoms with Gasteiger partial charge in [-0.15, -0.1) is 0 Å². The predicted octanol–water partition coefficient (Wildman–Crippen LogP) is 2.93. The van der Waals surface area contributed by atoms with Crippen LogP contribution in [0.25, 0.3) is 0 Å². The van der Waals surface area contributed by atoms with Crippen molar-refractivity contribution in [3.05, 3.63) is 65.2 Å². The van der Waals surface area contributed by atoms with E-state index < -0.39 is 0 Å². The zero-order valence-electron chi connectivity index (χ0n) is 12.8. The van der Waals surface area contributed by atoms with E-state index in [1.54, 1.807) is 12.1 Å². The van der Waals surface area contributed by atoms with Gasteiger partial charge in [0, 0.05) is 11.3 Å². The molecule has 0 spiro atoms. The Bertz CT molecular complexity index is 646.